The van der Waals surface area contributed by atoms with Crippen molar-refractivity contribution in [1.29, 1.82) is 10.5 Å². The van der Waals surface area contributed by atoms with Gasteiger partial charge in [-0.2, -0.15) is 10.5 Å². The Kier molecular flexibility index (Phi) is 7.05. The lowest BCUT2D eigenvalue weighted by atomic mass is 9.94. The van der Waals surface area contributed by atoms with Crippen molar-refractivity contribution in [1.82, 2.24) is 9.13 Å². The summed E-state index contributed by atoms with van der Waals surface area (Å²) in [6.45, 7) is 0. The smallest absolute Gasteiger partial charge is 0.145 e. The number of nitriles is 2. The molecule has 0 spiro atoms. The molecule has 286 valence electrons. The lowest BCUT2D eigenvalue weighted by molar-refractivity contribution is 0.672. The molecule has 0 aliphatic carbocycles. The van der Waals surface area contributed by atoms with E-state index in [1.807, 2.05) is 48.5 Å². The average Bonchev–Trinajstić information content (AvgIpc) is 4.09. The molecule has 0 aliphatic heterocycles. The molecule has 0 bridgehead atoms. The summed E-state index contributed by atoms with van der Waals surface area (Å²) in [5.74, 6) is 0. The van der Waals surface area contributed by atoms with Gasteiger partial charge >= 0.3 is 0 Å². The maximum atomic E-state index is 10.6. The molecule has 13 rings (SSSR count). The van der Waals surface area contributed by atoms with Crippen LogP contribution in [-0.4, -0.2) is 9.13 Å². The zero-order valence-corrected chi connectivity index (χ0v) is 32.9. The second-order valence-electron chi connectivity index (χ2n) is 15.8. The highest BCUT2D eigenvalue weighted by molar-refractivity contribution is 6.25. The van der Waals surface area contributed by atoms with Gasteiger partial charge in [0.15, 0.2) is 0 Å². The average molecular weight is 791 g/mol. The summed E-state index contributed by atoms with van der Waals surface area (Å²) >= 11 is 0. The second kappa shape index (κ2) is 12.8. The molecular formula is C56H30N4O2. The molecule has 0 saturated heterocycles. The first-order valence-corrected chi connectivity index (χ1v) is 20.5. The third kappa shape index (κ3) is 4.72. The minimum atomic E-state index is 0.547. The van der Waals surface area contributed by atoms with E-state index in [0.717, 1.165) is 121 Å². The Morgan fingerprint density at radius 2 is 0.919 bits per heavy atom. The van der Waals surface area contributed by atoms with Crippen molar-refractivity contribution in [3.8, 4) is 45.8 Å². The third-order valence-corrected chi connectivity index (χ3v) is 12.6. The van der Waals surface area contributed by atoms with Crippen LogP contribution in [0.2, 0.25) is 0 Å². The van der Waals surface area contributed by atoms with Crippen LogP contribution in [0.4, 0.5) is 0 Å². The summed E-state index contributed by atoms with van der Waals surface area (Å²) in [5, 5.41) is 28.7. The predicted octanol–water partition coefficient (Wildman–Crippen LogP) is 14.8. The van der Waals surface area contributed by atoms with Crippen molar-refractivity contribution < 1.29 is 8.83 Å². The van der Waals surface area contributed by atoms with Gasteiger partial charge in [0.2, 0.25) is 0 Å². The summed E-state index contributed by atoms with van der Waals surface area (Å²) in [6, 6.07) is 67.1. The summed E-state index contributed by atoms with van der Waals surface area (Å²) in [5.41, 5.74) is 14.2. The van der Waals surface area contributed by atoms with Crippen LogP contribution in [0.1, 0.15) is 11.1 Å². The normalized spacial score (nSPS) is 11.8. The van der Waals surface area contributed by atoms with Crippen LogP contribution in [0.5, 0.6) is 0 Å². The van der Waals surface area contributed by atoms with Crippen LogP contribution in [0.3, 0.4) is 0 Å². The molecule has 4 heterocycles. The molecule has 0 fully saturated rings. The summed E-state index contributed by atoms with van der Waals surface area (Å²) in [6.07, 6.45) is 0. The highest BCUT2D eigenvalue weighted by Gasteiger charge is 2.23. The number of furan rings is 2. The van der Waals surface area contributed by atoms with Gasteiger partial charge in [0.05, 0.1) is 61.8 Å². The molecule has 0 N–H and O–H groups in total. The van der Waals surface area contributed by atoms with Gasteiger partial charge in [0.1, 0.15) is 22.3 Å². The van der Waals surface area contributed by atoms with Crippen molar-refractivity contribution in [3.05, 3.63) is 193 Å². The molecule has 0 radical (unpaired) electrons. The first-order chi connectivity index (χ1) is 30.7. The zero-order valence-electron chi connectivity index (χ0n) is 32.9. The van der Waals surface area contributed by atoms with E-state index >= 15 is 0 Å². The standard InChI is InChI=1S/C56H30N4O2/c57-31-33-17-19-34(20-18-33)38-23-21-35(29-36(38)32-58)39-24-22-37(59-46-13-5-1-11-44(46)53-48(59)27-25-42-40-9-3-7-15-51(40)61-55(42)53)30-50(39)60-47-14-6-2-12-45(47)54-49(60)28-26-43-41-10-4-8-16-52(41)62-56(43)54/h1-30H. The Morgan fingerprint density at radius 3 is 1.53 bits per heavy atom. The van der Waals surface area contributed by atoms with E-state index < -0.39 is 0 Å². The van der Waals surface area contributed by atoms with Crippen molar-refractivity contribution in [2.24, 2.45) is 0 Å². The number of aromatic nitrogens is 2. The van der Waals surface area contributed by atoms with E-state index in [1.54, 1.807) is 12.1 Å². The fourth-order valence-electron chi connectivity index (χ4n) is 9.88. The molecular weight excluding hydrogens is 761 g/mol. The maximum absolute atomic E-state index is 10.6. The van der Waals surface area contributed by atoms with Crippen molar-refractivity contribution in [3.63, 3.8) is 0 Å². The SMILES string of the molecule is N#Cc1ccc(-c2ccc(-c3ccc(-n4c5ccccc5c5c6oc7ccccc7c6ccc54)cc3-n3c4ccccc4c4c5oc6ccccc6c5ccc43)cc2C#N)cc1. The molecule has 0 aliphatic rings. The molecule has 6 nitrogen and oxygen atoms in total. The first kappa shape index (κ1) is 34.1. The van der Waals surface area contributed by atoms with E-state index in [1.165, 1.54) is 0 Å². The molecule has 13 aromatic rings. The van der Waals surface area contributed by atoms with Gasteiger partial charge in [-0.1, -0.05) is 103 Å². The predicted molar refractivity (Wildman–Crippen MR) is 250 cm³/mol. The van der Waals surface area contributed by atoms with Gasteiger partial charge in [-0.05, 0) is 95.6 Å². The first-order valence-electron chi connectivity index (χ1n) is 20.5. The highest BCUT2D eigenvalue weighted by atomic mass is 16.3. The Morgan fingerprint density at radius 1 is 0.387 bits per heavy atom. The third-order valence-electron chi connectivity index (χ3n) is 12.6. The van der Waals surface area contributed by atoms with Crippen molar-refractivity contribution in [2.75, 3.05) is 0 Å². The van der Waals surface area contributed by atoms with Crippen LogP contribution >= 0.6 is 0 Å². The van der Waals surface area contributed by atoms with Gasteiger partial charge in [0.25, 0.3) is 0 Å². The number of benzene rings is 9. The zero-order chi connectivity index (χ0) is 41.1. The number of nitrogens with zero attached hydrogens (tertiary/aromatic N) is 4. The molecule has 0 unspecified atom stereocenters. The number of rotatable bonds is 4. The monoisotopic (exact) mass is 790 g/mol. The second-order valence-corrected chi connectivity index (χ2v) is 15.8. The van der Waals surface area contributed by atoms with E-state index in [0.29, 0.717) is 11.1 Å². The van der Waals surface area contributed by atoms with Gasteiger partial charge in [-0.3, -0.25) is 0 Å². The molecule has 9 aromatic carbocycles. The van der Waals surface area contributed by atoms with Crippen molar-refractivity contribution in [2.45, 2.75) is 0 Å². The summed E-state index contributed by atoms with van der Waals surface area (Å²) in [7, 11) is 0. The van der Waals surface area contributed by atoms with Gasteiger partial charge in [-0.15, -0.1) is 0 Å². The molecule has 4 aromatic heterocycles. The van der Waals surface area contributed by atoms with Crippen LogP contribution < -0.4 is 0 Å². The minimum Gasteiger partial charge on any atom is -0.455 e. The number of hydrogen-bond acceptors (Lipinski definition) is 4. The topological polar surface area (TPSA) is 83.7 Å². The Labute approximate surface area is 353 Å². The summed E-state index contributed by atoms with van der Waals surface area (Å²) in [4.78, 5) is 0. The van der Waals surface area contributed by atoms with Crippen LogP contribution in [0.25, 0.3) is 121 Å². The highest BCUT2D eigenvalue weighted by Crippen LogP contribution is 2.45. The Hall–Kier alpha value is -8.84. The molecule has 0 saturated carbocycles. The number of hydrogen-bond donors (Lipinski definition) is 0. The van der Waals surface area contributed by atoms with Crippen LogP contribution in [0, 0.1) is 22.7 Å². The Bertz CT molecular complexity index is 4130. The molecule has 0 amide bonds. The summed E-state index contributed by atoms with van der Waals surface area (Å²) < 4.78 is 18.0. The van der Waals surface area contributed by atoms with E-state index in [-0.39, 0.29) is 0 Å². The van der Waals surface area contributed by atoms with Crippen LogP contribution in [0.15, 0.2) is 191 Å². The molecule has 6 heteroatoms. The van der Waals surface area contributed by atoms with E-state index in [2.05, 4.69) is 143 Å². The fourth-order valence-corrected chi connectivity index (χ4v) is 9.88. The lowest BCUT2D eigenvalue weighted by Gasteiger charge is -2.18. The van der Waals surface area contributed by atoms with Gasteiger partial charge in [-0.25, -0.2) is 0 Å². The molecule has 62 heavy (non-hydrogen) atoms. The largest absolute Gasteiger partial charge is 0.455 e. The minimum absolute atomic E-state index is 0.547. The Balaban J connectivity index is 1.12. The van der Waals surface area contributed by atoms with E-state index in [4.69, 9.17) is 8.83 Å². The van der Waals surface area contributed by atoms with Crippen LogP contribution in [-0.2, 0) is 0 Å². The van der Waals surface area contributed by atoms with Crippen molar-refractivity contribution >= 4 is 87.5 Å². The fraction of sp³-hybridized carbons (Fsp3) is 0. The quantitative estimate of drug-likeness (QED) is 0.178. The molecule has 0 atom stereocenters. The van der Waals surface area contributed by atoms with E-state index in [9.17, 15) is 10.5 Å². The number of para-hydroxylation sites is 4. The van der Waals surface area contributed by atoms with Gasteiger partial charge in [0, 0.05) is 43.6 Å². The van der Waals surface area contributed by atoms with Gasteiger partial charge < -0.3 is 18.0 Å². The number of fused-ring (bicyclic) bond motifs is 14. The maximum Gasteiger partial charge on any atom is 0.145 e. The lowest BCUT2D eigenvalue weighted by Crippen LogP contribution is -2.01.